The zero-order valence-electron chi connectivity index (χ0n) is 12.1. The molecule has 2 rings (SSSR count). The third-order valence-electron chi connectivity index (χ3n) is 2.86. The Balaban J connectivity index is 2.10. The number of ether oxygens (including phenoxy) is 1. The normalized spacial score (nSPS) is 10.9. The molecule has 0 amide bonds. The quantitative estimate of drug-likeness (QED) is 0.829. The Kier molecular flexibility index (Phi) is 5.70. The molecule has 0 aliphatic carbocycles. The minimum atomic E-state index is -0.351. The summed E-state index contributed by atoms with van der Waals surface area (Å²) < 4.78 is 19.7. The van der Waals surface area contributed by atoms with E-state index in [0.29, 0.717) is 28.4 Å². The molecule has 0 fully saturated rings. The molecule has 1 heterocycles. The maximum atomic E-state index is 13.5. The second kappa shape index (κ2) is 7.52. The summed E-state index contributed by atoms with van der Waals surface area (Å²) in [6, 6.07) is 6.59. The average Bonchev–Trinajstić information content (AvgIpc) is 2.44. The number of nitrogens with zero attached hydrogens (tertiary/aromatic N) is 1. The highest BCUT2D eigenvalue weighted by Gasteiger charge is 2.07. The van der Waals surface area contributed by atoms with Gasteiger partial charge in [0, 0.05) is 24.4 Å². The summed E-state index contributed by atoms with van der Waals surface area (Å²) in [7, 11) is 0. The highest BCUT2D eigenvalue weighted by atomic mass is 79.9. The van der Waals surface area contributed by atoms with Crippen LogP contribution in [0, 0.1) is 11.7 Å². The summed E-state index contributed by atoms with van der Waals surface area (Å²) >= 11 is 3.12. The van der Waals surface area contributed by atoms with Crippen molar-refractivity contribution in [3.63, 3.8) is 0 Å². The number of aromatic nitrogens is 1. The van der Waals surface area contributed by atoms with Crippen LogP contribution in [0.1, 0.15) is 19.4 Å². The molecule has 0 atom stereocenters. The fourth-order valence-electron chi connectivity index (χ4n) is 1.81. The van der Waals surface area contributed by atoms with E-state index in [0.717, 1.165) is 12.1 Å². The second-order valence-electron chi connectivity index (χ2n) is 5.19. The van der Waals surface area contributed by atoms with Gasteiger partial charge in [0.15, 0.2) is 0 Å². The van der Waals surface area contributed by atoms with E-state index in [1.54, 1.807) is 24.5 Å². The van der Waals surface area contributed by atoms with Crippen molar-refractivity contribution in [2.75, 3.05) is 6.54 Å². The number of hydrogen-bond donors (Lipinski definition) is 1. The molecule has 0 bridgehead atoms. The molecule has 0 radical (unpaired) electrons. The van der Waals surface area contributed by atoms with E-state index >= 15 is 0 Å². The van der Waals surface area contributed by atoms with Gasteiger partial charge in [-0.15, -0.1) is 0 Å². The molecule has 2 aromatic rings. The number of pyridine rings is 1. The van der Waals surface area contributed by atoms with Crippen LogP contribution in [-0.2, 0) is 6.54 Å². The maximum Gasteiger partial charge on any atom is 0.150 e. The molecule has 5 heteroatoms. The van der Waals surface area contributed by atoms with Crippen LogP contribution >= 0.6 is 15.9 Å². The number of rotatable bonds is 6. The fraction of sp³-hybridized carbons (Fsp3) is 0.312. The summed E-state index contributed by atoms with van der Waals surface area (Å²) in [5, 5.41) is 3.36. The van der Waals surface area contributed by atoms with E-state index in [4.69, 9.17) is 4.74 Å². The SMILES string of the molecule is CC(C)CNCc1ccncc1Oc1ccc(Br)c(F)c1. The monoisotopic (exact) mass is 352 g/mol. The molecule has 1 aromatic heterocycles. The molecule has 0 spiro atoms. The van der Waals surface area contributed by atoms with Crippen molar-refractivity contribution < 1.29 is 9.13 Å². The van der Waals surface area contributed by atoms with Crippen molar-refractivity contribution in [1.82, 2.24) is 10.3 Å². The second-order valence-corrected chi connectivity index (χ2v) is 6.04. The molecule has 1 N–H and O–H groups in total. The van der Waals surface area contributed by atoms with Crippen LogP contribution in [0.3, 0.4) is 0 Å². The van der Waals surface area contributed by atoms with E-state index < -0.39 is 0 Å². The van der Waals surface area contributed by atoms with Gasteiger partial charge >= 0.3 is 0 Å². The number of benzene rings is 1. The van der Waals surface area contributed by atoms with Crippen molar-refractivity contribution in [2.24, 2.45) is 5.92 Å². The summed E-state index contributed by atoms with van der Waals surface area (Å²) in [5.41, 5.74) is 0.994. The van der Waals surface area contributed by atoms with E-state index in [1.807, 2.05) is 6.07 Å². The molecule has 0 aliphatic heterocycles. The fourth-order valence-corrected chi connectivity index (χ4v) is 2.06. The first-order valence-corrected chi connectivity index (χ1v) is 7.62. The molecule has 0 saturated heterocycles. The third kappa shape index (κ3) is 4.79. The van der Waals surface area contributed by atoms with Crippen LogP contribution in [0.25, 0.3) is 0 Å². The van der Waals surface area contributed by atoms with Gasteiger partial charge in [-0.05, 0) is 46.6 Å². The third-order valence-corrected chi connectivity index (χ3v) is 3.50. The highest BCUT2D eigenvalue weighted by Crippen LogP contribution is 2.27. The summed E-state index contributed by atoms with van der Waals surface area (Å²) in [4.78, 5) is 4.07. The smallest absolute Gasteiger partial charge is 0.150 e. The summed E-state index contributed by atoms with van der Waals surface area (Å²) in [6.45, 7) is 5.92. The van der Waals surface area contributed by atoms with Gasteiger partial charge in [0.05, 0.1) is 10.7 Å². The van der Waals surface area contributed by atoms with E-state index in [2.05, 4.69) is 40.1 Å². The van der Waals surface area contributed by atoms with Crippen molar-refractivity contribution in [2.45, 2.75) is 20.4 Å². The van der Waals surface area contributed by atoms with E-state index in [-0.39, 0.29) is 5.82 Å². The lowest BCUT2D eigenvalue weighted by Gasteiger charge is -2.12. The number of hydrogen-bond acceptors (Lipinski definition) is 3. The van der Waals surface area contributed by atoms with Gasteiger partial charge in [-0.3, -0.25) is 4.98 Å². The Morgan fingerprint density at radius 1 is 1.33 bits per heavy atom. The molecule has 112 valence electrons. The van der Waals surface area contributed by atoms with Crippen LogP contribution in [0.4, 0.5) is 4.39 Å². The lowest BCUT2D eigenvalue weighted by atomic mass is 10.2. The topological polar surface area (TPSA) is 34.2 Å². The van der Waals surface area contributed by atoms with Gasteiger partial charge in [0.1, 0.15) is 17.3 Å². The van der Waals surface area contributed by atoms with Gasteiger partial charge in [-0.2, -0.15) is 0 Å². The van der Waals surface area contributed by atoms with Gasteiger partial charge in [0.2, 0.25) is 0 Å². The lowest BCUT2D eigenvalue weighted by molar-refractivity contribution is 0.461. The van der Waals surface area contributed by atoms with Crippen LogP contribution in [0.5, 0.6) is 11.5 Å². The van der Waals surface area contributed by atoms with Crippen LogP contribution in [-0.4, -0.2) is 11.5 Å². The molecule has 3 nitrogen and oxygen atoms in total. The molecule has 21 heavy (non-hydrogen) atoms. The van der Waals surface area contributed by atoms with Gasteiger partial charge in [-0.1, -0.05) is 13.8 Å². The van der Waals surface area contributed by atoms with Crippen LogP contribution in [0.2, 0.25) is 0 Å². The van der Waals surface area contributed by atoms with Crippen LogP contribution in [0.15, 0.2) is 41.1 Å². The standard InChI is InChI=1S/C16H18BrFN2O/c1-11(2)8-20-9-12-5-6-19-10-16(12)21-13-3-4-14(17)15(18)7-13/h3-7,10-11,20H,8-9H2,1-2H3. The predicted octanol–water partition coefficient (Wildman–Crippen LogP) is 4.52. The highest BCUT2D eigenvalue weighted by molar-refractivity contribution is 9.10. The van der Waals surface area contributed by atoms with Crippen molar-refractivity contribution in [3.05, 3.63) is 52.5 Å². The average molecular weight is 353 g/mol. The van der Waals surface area contributed by atoms with E-state index in [9.17, 15) is 4.39 Å². The maximum absolute atomic E-state index is 13.5. The first-order valence-electron chi connectivity index (χ1n) is 6.82. The largest absolute Gasteiger partial charge is 0.455 e. The Bertz CT molecular complexity index is 605. The zero-order valence-corrected chi connectivity index (χ0v) is 13.7. The van der Waals surface area contributed by atoms with Crippen LogP contribution < -0.4 is 10.1 Å². The molecule has 0 aliphatic rings. The first kappa shape index (κ1) is 15.9. The first-order chi connectivity index (χ1) is 10.1. The van der Waals surface area contributed by atoms with Crippen molar-refractivity contribution >= 4 is 15.9 Å². The van der Waals surface area contributed by atoms with Crippen molar-refractivity contribution in [3.8, 4) is 11.5 Å². The summed E-state index contributed by atoms with van der Waals surface area (Å²) in [5.74, 6) is 1.32. The minimum absolute atomic E-state index is 0.351. The molecule has 0 unspecified atom stereocenters. The minimum Gasteiger partial charge on any atom is -0.455 e. The Morgan fingerprint density at radius 3 is 2.86 bits per heavy atom. The molecular weight excluding hydrogens is 335 g/mol. The Hall–Kier alpha value is -1.46. The Morgan fingerprint density at radius 2 is 2.14 bits per heavy atom. The Labute approximate surface area is 132 Å². The number of nitrogens with one attached hydrogen (secondary N) is 1. The van der Waals surface area contributed by atoms with Gasteiger partial charge < -0.3 is 10.1 Å². The zero-order chi connectivity index (χ0) is 15.2. The molecular formula is C16H18BrFN2O. The van der Waals surface area contributed by atoms with Crippen molar-refractivity contribution in [1.29, 1.82) is 0 Å². The number of halogens is 2. The summed E-state index contributed by atoms with van der Waals surface area (Å²) in [6.07, 6.45) is 3.37. The molecule has 0 saturated carbocycles. The lowest BCUT2D eigenvalue weighted by Crippen LogP contribution is -2.19. The molecule has 1 aromatic carbocycles. The van der Waals surface area contributed by atoms with Gasteiger partial charge in [0.25, 0.3) is 0 Å². The predicted molar refractivity (Wildman–Crippen MR) is 85.0 cm³/mol. The van der Waals surface area contributed by atoms with Gasteiger partial charge in [-0.25, -0.2) is 4.39 Å². The van der Waals surface area contributed by atoms with E-state index in [1.165, 1.54) is 6.07 Å².